The number of urea groups is 1. The summed E-state index contributed by atoms with van der Waals surface area (Å²) >= 11 is 0. The van der Waals surface area contributed by atoms with Crippen LogP contribution in [0.3, 0.4) is 0 Å². The van der Waals surface area contributed by atoms with Crippen LogP contribution in [0.1, 0.15) is 20.8 Å². The maximum absolute atomic E-state index is 11.3. The first-order chi connectivity index (χ1) is 6.77. The van der Waals surface area contributed by atoms with Crippen LogP contribution >= 0.6 is 0 Å². The number of aliphatic carboxylic acids is 1. The lowest BCUT2D eigenvalue weighted by atomic mass is 10.0. The Morgan fingerprint density at radius 1 is 1.27 bits per heavy atom. The molecule has 6 nitrogen and oxygen atoms in total. The molecule has 86 valence electrons. The standard InChI is InChI=1S/C9H16N2O4/c1-5(8(13)14)6(2)10-9(15)11(4)7(3)12/h5-6H,1-4H3,(H,10,15)(H,13,14). The second kappa shape index (κ2) is 5.33. The van der Waals surface area contributed by atoms with Gasteiger partial charge in [0.05, 0.1) is 5.92 Å². The van der Waals surface area contributed by atoms with Crippen LogP contribution in [0.5, 0.6) is 0 Å². The molecule has 0 aliphatic rings. The van der Waals surface area contributed by atoms with Gasteiger partial charge >= 0.3 is 12.0 Å². The summed E-state index contributed by atoms with van der Waals surface area (Å²) in [4.78, 5) is 33.6. The molecule has 0 aromatic heterocycles. The Kier molecular flexibility index (Phi) is 4.77. The van der Waals surface area contributed by atoms with Crippen LogP contribution in [0.15, 0.2) is 0 Å². The number of imide groups is 1. The monoisotopic (exact) mass is 216 g/mol. The number of hydrogen-bond acceptors (Lipinski definition) is 3. The van der Waals surface area contributed by atoms with Crippen molar-refractivity contribution in [3.05, 3.63) is 0 Å². The summed E-state index contributed by atoms with van der Waals surface area (Å²) in [6.07, 6.45) is 0. The van der Waals surface area contributed by atoms with Crippen molar-refractivity contribution >= 4 is 17.9 Å². The van der Waals surface area contributed by atoms with Crippen LogP contribution in [0.4, 0.5) is 4.79 Å². The highest BCUT2D eigenvalue weighted by Crippen LogP contribution is 2.02. The van der Waals surface area contributed by atoms with E-state index in [2.05, 4.69) is 5.32 Å². The van der Waals surface area contributed by atoms with Gasteiger partial charge in [-0.05, 0) is 13.8 Å². The van der Waals surface area contributed by atoms with Crippen molar-refractivity contribution in [3.63, 3.8) is 0 Å². The van der Waals surface area contributed by atoms with Gasteiger partial charge in [-0.15, -0.1) is 0 Å². The Morgan fingerprint density at radius 2 is 1.73 bits per heavy atom. The Bertz CT molecular complexity index is 277. The second-order valence-corrected chi connectivity index (χ2v) is 3.44. The lowest BCUT2D eigenvalue weighted by Crippen LogP contribution is -2.47. The minimum Gasteiger partial charge on any atom is -0.481 e. The maximum atomic E-state index is 11.3. The highest BCUT2D eigenvalue weighted by Gasteiger charge is 2.23. The van der Waals surface area contributed by atoms with Gasteiger partial charge in [-0.3, -0.25) is 14.5 Å². The number of nitrogens with one attached hydrogen (secondary N) is 1. The van der Waals surface area contributed by atoms with E-state index in [9.17, 15) is 14.4 Å². The molecule has 0 aliphatic heterocycles. The van der Waals surface area contributed by atoms with E-state index < -0.39 is 29.9 Å². The van der Waals surface area contributed by atoms with Crippen LogP contribution in [0.2, 0.25) is 0 Å². The van der Waals surface area contributed by atoms with Gasteiger partial charge in [0.15, 0.2) is 0 Å². The zero-order chi connectivity index (χ0) is 12.2. The lowest BCUT2D eigenvalue weighted by molar-refractivity contribution is -0.141. The topological polar surface area (TPSA) is 86.7 Å². The van der Waals surface area contributed by atoms with Crippen molar-refractivity contribution < 1.29 is 19.5 Å². The molecule has 0 saturated carbocycles. The molecule has 2 atom stereocenters. The van der Waals surface area contributed by atoms with E-state index in [1.165, 1.54) is 20.9 Å². The van der Waals surface area contributed by atoms with Crippen LogP contribution in [-0.4, -0.2) is 41.0 Å². The molecule has 0 radical (unpaired) electrons. The molecule has 2 N–H and O–H groups in total. The molecule has 2 unspecified atom stereocenters. The van der Waals surface area contributed by atoms with Crippen molar-refractivity contribution in [3.8, 4) is 0 Å². The van der Waals surface area contributed by atoms with Gasteiger partial charge in [-0.2, -0.15) is 0 Å². The van der Waals surface area contributed by atoms with Gasteiger partial charge < -0.3 is 10.4 Å². The summed E-state index contributed by atoms with van der Waals surface area (Å²) in [5, 5.41) is 11.1. The van der Waals surface area contributed by atoms with Crippen LogP contribution < -0.4 is 5.32 Å². The van der Waals surface area contributed by atoms with Crippen molar-refractivity contribution in [1.82, 2.24) is 10.2 Å². The fraction of sp³-hybridized carbons (Fsp3) is 0.667. The third-order valence-corrected chi connectivity index (χ3v) is 2.27. The second-order valence-electron chi connectivity index (χ2n) is 3.44. The smallest absolute Gasteiger partial charge is 0.324 e. The molecule has 3 amide bonds. The van der Waals surface area contributed by atoms with Gasteiger partial charge in [0.2, 0.25) is 5.91 Å². The molecule has 6 heteroatoms. The molecule has 0 aliphatic carbocycles. The van der Waals surface area contributed by atoms with E-state index in [1.807, 2.05) is 0 Å². The summed E-state index contributed by atoms with van der Waals surface area (Å²) < 4.78 is 0. The van der Waals surface area contributed by atoms with Crippen molar-refractivity contribution in [2.24, 2.45) is 5.92 Å². The fourth-order valence-electron chi connectivity index (χ4n) is 0.773. The molecule has 0 rings (SSSR count). The largest absolute Gasteiger partial charge is 0.481 e. The van der Waals surface area contributed by atoms with E-state index >= 15 is 0 Å². The molecule has 0 saturated heterocycles. The number of carboxylic acid groups (broad SMARTS) is 1. The minimum atomic E-state index is -0.992. The van der Waals surface area contributed by atoms with Gasteiger partial charge in [0, 0.05) is 20.0 Å². The van der Waals surface area contributed by atoms with E-state index in [0.29, 0.717) is 0 Å². The van der Waals surface area contributed by atoms with Crippen LogP contribution in [-0.2, 0) is 9.59 Å². The number of amides is 3. The Morgan fingerprint density at radius 3 is 2.07 bits per heavy atom. The van der Waals surface area contributed by atoms with Crippen LogP contribution in [0.25, 0.3) is 0 Å². The highest BCUT2D eigenvalue weighted by atomic mass is 16.4. The van der Waals surface area contributed by atoms with Crippen LogP contribution in [0, 0.1) is 5.92 Å². The predicted octanol–water partition coefficient (Wildman–Crippen LogP) is 0.283. The Hall–Kier alpha value is -1.59. The van der Waals surface area contributed by atoms with Gasteiger partial charge in [0.1, 0.15) is 0 Å². The molecule has 0 spiro atoms. The Labute approximate surface area is 88.2 Å². The maximum Gasteiger partial charge on any atom is 0.324 e. The molecule has 0 bridgehead atoms. The number of carboxylic acids is 1. The van der Waals surface area contributed by atoms with E-state index in [0.717, 1.165) is 4.90 Å². The molecule has 15 heavy (non-hydrogen) atoms. The normalized spacial score (nSPS) is 13.9. The van der Waals surface area contributed by atoms with Gasteiger partial charge in [0.25, 0.3) is 0 Å². The van der Waals surface area contributed by atoms with E-state index in [1.54, 1.807) is 6.92 Å². The molecular formula is C9H16N2O4. The zero-order valence-electron chi connectivity index (χ0n) is 9.27. The summed E-state index contributed by atoms with van der Waals surface area (Å²) in [7, 11) is 1.33. The average molecular weight is 216 g/mol. The third-order valence-electron chi connectivity index (χ3n) is 2.27. The number of nitrogens with zero attached hydrogens (tertiary/aromatic N) is 1. The summed E-state index contributed by atoms with van der Waals surface area (Å²) in [5.41, 5.74) is 0. The van der Waals surface area contributed by atoms with Gasteiger partial charge in [-0.1, -0.05) is 0 Å². The van der Waals surface area contributed by atoms with E-state index in [4.69, 9.17) is 5.11 Å². The first kappa shape index (κ1) is 13.4. The first-order valence-electron chi connectivity index (χ1n) is 4.55. The lowest BCUT2D eigenvalue weighted by Gasteiger charge is -2.21. The SMILES string of the molecule is CC(=O)N(C)C(=O)NC(C)C(C)C(=O)O. The fourth-order valence-corrected chi connectivity index (χ4v) is 0.773. The molecule has 0 heterocycles. The Balaban J connectivity index is 4.30. The average Bonchev–Trinajstić information content (AvgIpc) is 2.14. The van der Waals surface area contributed by atoms with Crippen molar-refractivity contribution in [2.75, 3.05) is 7.05 Å². The quantitative estimate of drug-likeness (QED) is 0.709. The molecule has 0 fully saturated rings. The summed E-state index contributed by atoms with van der Waals surface area (Å²) in [6, 6.07) is -1.13. The number of rotatable bonds is 3. The van der Waals surface area contributed by atoms with Gasteiger partial charge in [-0.25, -0.2) is 4.79 Å². The van der Waals surface area contributed by atoms with Crippen molar-refractivity contribution in [1.29, 1.82) is 0 Å². The van der Waals surface area contributed by atoms with Crippen molar-refractivity contribution in [2.45, 2.75) is 26.8 Å². The third kappa shape index (κ3) is 3.97. The highest BCUT2D eigenvalue weighted by molar-refractivity contribution is 5.93. The zero-order valence-corrected chi connectivity index (χ0v) is 9.27. The van der Waals surface area contributed by atoms with E-state index in [-0.39, 0.29) is 0 Å². The number of carbonyl (C=O) groups excluding carboxylic acids is 2. The number of hydrogen-bond donors (Lipinski definition) is 2. The molecule has 0 aromatic carbocycles. The first-order valence-corrected chi connectivity index (χ1v) is 4.55. The summed E-state index contributed by atoms with van der Waals surface area (Å²) in [5.74, 6) is -2.09. The summed E-state index contributed by atoms with van der Waals surface area (Å²) in [6.45, 7) is 4.32. The predicted molar refractivity (Wildman–Crippen MR) is 53.2 cm³/mol. The number of carbonyl (C=O) groups is 3. The molecular weight excluding hydrogens is 200 g/mol. The minimum absolute atomic E-state index is 0.400. The molecule has 0 aromatic rings.